The van der Waals surface area contributed by atoms with Crippen LogP contribution in [0.5, 0.6) is 0 Å². The monoisotopic (exact) mass is 316 g/mol. The average Bonchev–Trinajstić information content (AvgIpc) is 2.28. The molecule has 0 aromatic carbocycles. The topological polar surface area (TPSA) is 0 Å². The van der Waals surface area contributed by atoms with Gasteiger partial charge in [-0.15, -0.1) is 0 Å². The van der Waals surface area contributed by atoms with Gasteiger partial charge in [0.2, 0.25) is 0 Å². The second-order valence-electron chi connectivity index (χ2n) is 5.55. The second-order valence-corrected chi connectivity index (χ2v) is 5.55. The molecule has 0 radical (unpaired) electrons. The standard InChI is InChI=1S/2C8H14.6CH4/c2*1-7-5-3-4-6-8(7)2;;;;;;/h3-6H2,1-2H3;5,8H,3-4,6H2,1-2H3;6*1H4. The van der Waals surface area contributed by atoms with E-state index in [2.05, 4.69) is 33.8 Å². The first kappa shape index (κ1) is 37.6. The smallest absolute Gasteiger partial charge is 0.0234 e. The molecule has 0 saturated carbocycles. The molecular formula is C22H52. The van der Waals surface area contributed by atoms with Crippen molar-refractivity contribution in [2.75, 3.05) is 0 Å². The zero-order chi connectivity index (χ0) is 12.0. The Morgan fingerprint density at radius 1 is 0.727 bits per heavy atom. The summed E-state index contributed by atoms with van der Waals surface area (Å²) in [5.74, 6) is 0.865. The summed E-state index contributed by atoms with van der Waals surface area (Å²) in [7, 11) is 0. The largest absolute Gasteiger partial charge is 0.0853 e. The van der Waals surface area contributed by atoms with E-state index in [0.717, 1.165) is 5.92 Å². The van der Waals surface area contributed by atoms with Crippen LogP contribution in [0.2, 0.25) is 0 Å². The van der Waals surface area contributed by atoms with E-state index >= 15 is 0 Å². The van der Waals surface area contributed by atoms with Crippen molar-refractivity contribution in [1.82, 2.24) is 0 Å². The van der Waals surface area contributed by atoms with Crippen molar-refractivity contribution in [3.05, 3.63) is 22.8 Å². The van der Waals surface area contributed by atoms with Gasteiger partial charge in [0, 0.05) is 0 Å². The molecule has 0 N–H and O–H groups in total. The van der Waals surface area contributed by atoms with Gasteiger partial charge in [-0.1, -0.05) is 74.3 Å². The fraction of sp³-hybridized carbons (Fsp3) is 0.818. The van der Waals surface area contributed by atoms with Crippen LogP contribution in [0.15, 0.2) is 22.8 Å². The summed E-state index contributed by atoms with van der Waals surface area (Å²) in [5, 5.41) is 0. The molecule has 1 unspecified atom stereocenters. The van der Waals surface area contributed by atoms with Crippen LogP contribution in [0.1, 0.15) is 117 Å². The summed E-state index contributed by atoms with van der Waals surface area (Å²) in [6, 6.07) is 0. The van der Waals surface area contributed by atoms with Crippen LogP contribution in [0.3, 0.4) is 0 Å². The third kappa shape index (κ3) is 14.4. The molecule has 2 aliphatic rings. The molecule has 2 rings (SSSR count). The molecule has 0 aromatic heterocycles. The number of hydrogen-bond acceptors (Lipinski definition) is 0. The van der Waals surface area contributed by atoms with Gasteiger partial charge in [-0.2, -0.15) is 0 Å². The van der Waals surface area contributed by atoms with Crippen molar-refractivity contribution in [3.8, 4) is 0 Å². The molecule has 140 valence electrons. The molecule has 1 atom stereocenters. The van der Waals surface area contributed by atoms with Crippen molar-refractivity contribution in [2.24, 2.45) is 5.92 Å². The Morgan fingerprint density at radius 2 is 1.14 bits per heavy atom. The summed E-state index contributed by atoms with van der Waals surface area (Å²) < 4.78 is 0. The van der Waals surface area contributed by atoms with Gasteiger partial charge in [-0.3, -0.25) is 0 Å². The molecule has 0 aliphatic heterocycles. The molecule has 0 amide bonds. The molecule has 0 fully saturated rings. The van der Waals surface area contributed by atoms with Crippen LogP contribution >= 0.6 is 0 Å². The van der Waals surface area contributed by atoms with Crippen molar-refractivity contribution in [2.45, 2.75) is 117 Å². The minimum atomic E-state index is 0. The highest BCUT2D eigenvalue weighted by molar-refractivity contribution is 5.11. The summed E-state index contributed by atoms with van der Waals surface area (Å²) in [6.07, 6.45) is 12.0. The van der Waals surface area contributed by atoms with E-state index in [4.69, 9.17) is 0 Å². The van der Waals surface area contributed by atoms with Gasteiger partial charge in [0.1, 0.15) is 0 Å². The first-order valence-electron chi connectivity index (χ1n) is 6.93. The lowest BCUT2D eigenvalue weighted by atomic mass is 9.91. The fourth-order valence-corrected chi connectivity index (χ4v) is 2.39. The Bertz CT molecular complexity index is 254. The predicted molar refractivity (Wildman–Crippen MR) is 114 cm³/mol. The van der Waals surface area contributed by atoms with Gasteiger partial charge in [-0.25, -0.2) is 0 Å². The number of rotatable bonds is 0. The van der Waals surface area contributed by atoms with Crippen molar-refractivity contribution >= 4 is 0 Å². The Hall–Kier alpha value is -0.520. The molecule has 0 heterocycles. The SMILES string of the molecule is C.C.C.C.C.C.CC1=C(C)CCCC1.CC1=CCCCC1C. The average molecular weight is 317 g/mol. The normalized spacial score (nSPS) is 18.7. The van der Waals surface area contributed by atoms with E-state index in [1.54, 1.807) is 16.7 Å². The first-order valence-corrected chi connectivity index (χ1v) is 6.93. The van der Waals surface area contributed by atoms with Gasteiger partial charge in [0.05, 0.1) is 0 Å². The van der Waals surface area contributed by atoms with Crippen LogP contribution in [0.25, 0.3) is 0 Å². The Labute approximate surface area is 146 Å². The maximum Gasteiger partial charge on any atom is -0.0234 e. The lowest BCUT2D eigenvalue weighted by Crippen LogP contribution is -2.00. The molecule has 0 heteroatoms. The molecule has 2 aliphatic carbocycles. The zero-order valence-corrected chi connectivity index (χ0v) is 11.6. The Balaban J connectivity index is -0.0000000457. The third-order valence-electron chi connectivity index (χ3n) is 4.17. The van der Waals surface area contributed by atoms with Crippen LogP contribution in [-0.4, -0.2) is 0 Å². The predicted octanol–water partition coefficient (Wildman–Crippen LogP) is 9.47. The van der Waals surface area contributed by atoms with Crippen LogP contribution < -0.4 is 0 Å². The number of hydrogen-bond donors (Lipinski definition) is 0. The molecule has 0 nitrogen and oxygen atoms in total. The van der Waals surface area contributed by atoms with E-state index in [1.807, 2.05) is 0 Å². The van der Waals surface area contributed by atoms with Crippen molar-refractivity contribution < 1.29 is 0 Å². The lowest BCUT2D eigenvalue weighted by Gasteiger charge is -2.15. The van der Waals surface area contributed by atoms with Crippen LogP contribution in [0, 0.1) is 5.92 Å². The summed E-state index contributed by atoms with van der Waals surface area (Å²) >= 11 is 0. The van der Waals surface area contributed by atoms with Gasteiger partial charge >= 0.3 is 0 Å². The van der Waals surface area contributed by atoms with Gasteiger partial charge in [-0.05, 0) is 71.6 Å². The van der Waals surface area contributed by atoms with Gasteiger partial charge < -0.3 is 0 Å². The van der Waals surface area contributed by atoms with E-state index in [1.165, 1.54) is 44.9 Å². The fourth-order valence-electron chi connectivity index (χ4n) is 2.39. The molecule has 0 spiro atoms. The Kier molecular flexibility index (Phi) is 35.0. The quantitative estimate of drug-likeness (QED) is 0.390. The highest BCUT2D eigenvalue weighted by Gasteiger charge is 2.06. The van der Waals surface area contributed by atoms with E-state index in [-0.39, 0.29) is 44.6 Å². The first-order chi connectivity index (χ1) is 7.61. The number of allylic oxidation sites excluding steroid dienone is 4. The highest BCUT2D eigenvalue weighted by Crippen LogP contribution is 2.23. The summed E-state index contributed by atoms with van der Waals surface area (Å²) in [6.45, 7) is 9.07. The van der Waals surface area contributed by atoms with Gasteiger partial charge in [0.15, 0.2) is 0 Å². The zero-order valence-electron chi connectivity index (χ0n) is 11.6. The van der Waals surface area contributed by atoms with Crippen LogP contribution in [0.4, 0.5) is 0 Å². The third-order valence-corrected chi connectivity index (χ3v) is 4.17. The maximum absolute atomic E-state index is 2.37. The molecule has 0 bridgehead atoms. The maximum atomic E-state index is 2.37. The Morgan fingerprint density at radius 3 is 1.36 bits per heavy atom. The lowest BCUT2D eigenvalue weighted by molar-refractivity contribution is 0.552. The summed E-state index contributed by atoms with van der Waals surface area (Å²) in [4.78, 5) is 0. The van der Waals surface area contributed by atoms with Crippen LogP contribution in [-0.2, 0) is 0 Å². The molecule has 0 saturated heterocycles. The molecule has 22 heavy (non-hydrogen) atoms. The summed E-state index contributed by atoms with van der Waals surface area (Å²) in [5.41, 5.74) is 4.86. The molecule has 0 aromatic rings. The van der Waals surface area contributed by atoms with Crippen molar-refractivity contribution in [1.29, 1.82) is 0 Å². The van der Waals surface area contributed by atoms with Crippen molar-refractivity contribution in [3.63, 3.8) is 0 Å². The minimum Gasteiger partial charge on any atom is -0.0853 e. The highest BCUT2D eigenvalue weighted by atomic mass is 14.1. The van der Waals surface area contributed by atoms with E-state index in [9.17, 15) is 0 Å². The molecular weight excluding hydrogens is 264 g/mol. The van der Waals surface area contributed by atoms with Gasteiger partial charge in [0.25, 0.3) is 0 Å². The van der Waals surface area contributed by atoms with E-state index < -0.39 is 0 Å². The second kappa shape index (κ2) is 20.5. The van der Waals surface area contributed by atoms with E-state index in [0.29, 0.717) is 0 Å². The minimum absolute atomic E-state index is 0.